The molecule has 0 amide bonds. The lowest BCUT2D eigenvalue weighted by atomic mass is 10.3. The summed E-state index contributed by atoms with van der Waals surface area (Å²) in [4.78, 5) is 8.66. The predicted octanol–water partition coefficient (Wildman–Crippen LogP) is 2.96. The van der Waals surface area contributed by atoms with Crippen LogP contribution in [-0.2, 0) is 12.3 Å². The van der Waals surface area contributed by atoms with Crippen LogP contribution in [0.1, 0.15) is 24.7 Å². The third kappa shape index (κ3) is 2.25. The van der Waals surface area contributed by atoms with E-state index in [-0.39, 0.29) is 0 Å². The van der Waals surface area contributed by atoms with Gasteiger partial charge in [-0.3, -0.25) is 4.57 Å². The lowest BCUT2D eigenvalue weighted by molar-refractivity contribution is 0.797. The second kappa shape index (κ2) is 5.12. The van der Waals surface area contributed by atoms with E-state index in [1.165, 1.54) is 0 Å². The highest BCUT2D eigenvalue weighted by molar-refractivity contribution is 6.17. The monoisotopic (exact) mass is 235 g/mol. The Balaban J connectivity index is 2.37. The first-order valence-electron chi connectivity index (χ1n) is 5.38. The van der Waals surface area contributed by atoms with E-state index < -0.39 is 0 Å². The molecule has 0 aliphatic rings. The van der Waals surface area contributed by atoms with Gasteiger partial charge >= 0.3 is 0 Å². The van der Waals surface area contributed by atoms with Crippen molar-refractivity contribution in [2.45, 2.75) is 25.6 Å². The fourth-order valence-corrected chi connectivity index (χ4v) is 1.79. The number of halogens is 1. The lowest BCUT2D eigenvalue weighted by Gasteiger charge is -2.06. The lowest BCUT2D eigenvalue weighted by Crippen LogP contribution is -2.02. The van der Waals surface area contributed by atoms with Gasteiger partial charge < -0.3 is 0 Å². The van der Waals surface area contributed by atoms with Gasteiger partial charge in [-0.05, 0) is 24.1 Å². The summed E-state index contributed by atoms with van der Waals surface area (Å²) in [6, 6.07) is 3.92. The number of nitrogens with zero attached hydrogens (tertiary/aromatic N) is 3. The first-order valence-corrected chi connectivity index (χ1v) is 5.92. The van der Waals surface area contributed by atoms with Crippen molar-refractivity contribution in [2.24, 2.45) is 0 Å². The molecule has 0 unspecified atom stereocenters. The fourth-order valence-electron chi connectivity index (χ4n) is 1.63. The molecule has 0 N–H and O–H groups in total. The molecule has 0 bridgehead atoms. The van der Waals surface area contributed by atoms with Crippen LogP contribution in [0.4, 0.5) is 0 Å². The van der Waals surface area contributed by atoms with Crippen molar-refractivity contribution in [3.05, 3.63) is 42.1 Å². The minimum Gasteiger partial charge on any atom is -0.288 e. The first-order chi connectivity index (χ1) is 7.85. The number of pyridine rings is 1. The second-order valence-electron chi connectivity index (χ2n) is 3.62. The molecule has 0 spiro atoms. The van der Waals surface area contributed by atoms with Gasteiger partial charge in [-0.1, -0.05) is 6.92 Å². The van der Waals surface area contributed by atoms with E-state index in [2.05, 4.69) is 16.9 Å². The Morgan fingerprint density at radius 1 is 1.31 bits per heavy atom. The van der Waals surface area contributed by atoms with Crippen LogP contribution >= 0.6 is 11.6 Å². The van der Waals surface area contributed by atoms with E-state index in [1.807, 2.05) is 22.9 Å². The number of hydrogen-bond acceptors (Lipinski definition) is 2. The average molecular weight is 236 g/mol. The van der Waals surface area contributed by atoms with Crippen LogP contribution in [0.15, 0.2) is 30.7 Å². The highest BCUT2D eigenvalue weighted by Gasteiger charge is 2.05. The summed E-state index contributed by atoms with van der Waals surface area (Å²) in [5.74, 6) is 2.44. The molecule has 84 valence electrons. The molecule has 0 aliphatic carbocycles. The Morgan fingerprint density at radius 2 is 2.19 bits per heavy atom. The third-order valence-electron chi connectivity index (χ3n) is 2.40. The summed E-state index contributed by atoms with van der Waals surface area (Å²) in [5, 5.41) is 0. The van der Waals surface area contributed by atoms with E-state index in [1.54, 1.807) is 12.4 Å². The molecule has 0 fully saturated rings. The molecule has 3 nitrogen and oxygen atoms in total. The molecule has 0 radical (unpaired) electrons. The maximum absolute atomic E-state index is 5.81. The topological polar surface area (TPSA) is 30.7 Å². The normalized spacial score (nSPS) is 10.6. The van der Waals surface area contributed by atoms with E-state index >= 15 is 0 Å². The SMILES string of the molecule is CCCc1nccn1-c1cc(CCl)ccn1. The quantitative estimate of drug-likeness (QED) is 0.763. The summed E-state index contributed by atoms with van der Waals surface area (Å²) in [7, 11) is 0. The maximum Gasteiger partial charge on any atom is 0.138 e. The van der Waals surface area contributed by atoms with Gasteiger partial charge in [-0.25, -0.2) is 9.97 Å². The van der Waals surface area contributed by atoms with Crippen LogP contribution in [0, 0.1) is 0 Å². The average Bonchev–Trinajstić information content (AvgIpc) is 2.78. The Labute approximate surface area is 100 Å². The Morgan fingerprint density at radius 3 is 2.94 bits per heavy atom. The second-order valence-corrected chi connectivity index (χ2v) is 3.89. The van der Waals surface area contributed by atoms with E-state index in [0.29, 0.717) is 5.88 Å². The zero-order valence-corrected chi connectivity index (χ0v) is 9.98. The van der Waals surface area contributed by atoms with Crippen LogP contribution in [0.25, 0.3) is 5.82 Å². The third-order valence-corrected chi connectivity index (χ3v) is 2.71. The molecule has 2 aromatic heterocycles. The van der Waals surface area contributed by atoms with Crippen molar-refractivity contribution in [1.29, 1.82) is 0 Å². The number of alkyl halides is 1. The van der Waals surface area contributed by atoms with Crippen molar-refractivity contribution in [2.75, 3.05) is 0 Å². The van der Waals surface area contributed by atoms with E-state index in [9.17, 15) is 0 Å². The minimum atomic E-state index is 0.507. The van der Waals surface area contributed by atoms with Gasteiger partial charge in [0, 0.05) is 30.9 Å². The standard InChI is InChI=1S/C12H14ClN3/c1-2-3-11-15-6-7-16(11)12-8-10(9-13)4-5-14-12/h4-8H,2-3,9H2,1H3. The highest BCUT2D eigenvalue weighted by Crippen LogP contribution is 2.12. The van der Waals surface area contributed by atoms with Crippen LogP contribution < -0.4 is 0 Å². The zero-order valence-electron chi connectivity index (χ0n) is 9.23. The number of aromatic nitrogens is 3. The molecule has 0 aromatic carbocycles. The first kappa shape index (κ1) is 11.1. The molecule has 2 rings (SSSR count). The Hall–Kier alpha value is -1.35. The maximum atomic E-state index is 5.81. The van der Waals surface area contributed by atoms with Crippen LogP contribution in [0.5, 0.6) is 0 Å². The van der Waals surface area contributed by atoms with Crippen molar-refractivity contribution >= 4 is 11.6 Å². The van der Waals surface area contributed by atoms with Crippen LogP contribution in [-0.4, -0.2) is 14.5 Å². The molecule has 0 atom stereocenters. The number of rotatable bonds is 4. The van der Waals surface area contributed by atoms with Gasteiger partial charge in [0.05, 0.1) is 0 Å². The van der Waals surface area contributed by atoms with Gasteiger partial charge in [0.1, 0.15) is 11.6 Å². The Kier molecular flexibility index (Phi) is 3.57. The largest absolute Gasteiger partial charge is 0.288 e. The summed E-state index contributed by atoms with van der Waals surface area (Å²) in [5.41, 5.74) is 1.07. The molecular formula is C12H14ClN3. The summed E-state index contributed by atoms with van der Waals surface area (Å²) < 4.78 is 2.01. The van der Waals surface area contributed by atoms with Crippen molar-refractivity contribution in [3.8, 4) is 5.82 Å². The van der Waals surface area contributed by atoms with Gasteiger partial charge in [-0.15, -0.1) is 11.6 Å². The predicted molar refractivity (Wildman–Crippen MR) is 64.9 cm³/mol. The molecule has 2 aromatic rings. The van der Waals surface area contributed by atoms with Gasteiger partial charge in [-0.2, -0.15) is 0 Å². The molecule has 0 saturated carbocycles. The molecule has 16 heavy (non-hydrogen) atoms. The Bertz CT molecular complexity index is 465. The molecule has 4 heteroatoms. The summed E-state index contributed by atoms with van der Waals surface area (Å²) in [6.07, 6.45) is 7.56. The van der Waals surface area contributed by atoms with Crippen LogP contribution in [0.3, 0.4) is 0 Å². The smallest absolute Gasteiger partial charge is 0.138 e. The molecular weight excluding hydrogens is 222 g/mol. The fraction of sp³-hybridized carbons (Fsp3) is 0.333. The summed E-state index contributed by atoms with van der Waals surface area (Å²) in [6.45, 7) is 2.14. The zero-order chi connectivity index (χ0) is 11.4. The van der Waals surface area contributed by atoms with Crippen molar-refractivity contribution in [3.63, 3.8) is 0 Å². The van der Waals surface area contributed by atoms with Gasteiger partial charge in [0.25, 0.3) is 0 Å². The molecule has 0 saturated heterocycles. The van der Waals surface area contributed by atoms with Crippen LogP contribution in [0.2, 0.25) is 0 Å². The van der Waals surface area contributed by atoms with E-state index in [0.717, 1.165) is 30.0 Å². The summed E-state index contributed by atoms with van der Waals surface area (Å²) >= 11 is 5.81. The highest BCUT2D eigenvalue weighted by atomic mass is 35.5. The van der Waals surface area contributed by atoms with Gasteiger partial charge in [0.15, 0.2) is 0 Å². The molecule has 2 heterocycles. The van der Waals surface area contributed by atoms with E-state index in [4.69, 9.17) is 11.6 Å². The minimum absolute atomic E-state index is 0.507. The number of aryl methyl sites for hydroxylation is 1. The van der Waals surface area contributed by atoms with Crippen molar-refractivity contribution in [1.82, 2.24) is 14.5 Å². The van der Waals surface area contributed by atoms with Crippen molar-refractivity contribution < 1.29 is 0 Å². The number of imidazole rings is 1. The number of hydrogen-bond donors (Lipinski definition) is 0. The molecule has 0 aliphatic heterocycles. The van der Waals surface area contributed by atoms with Gasteiger partial charge in [0.2, 0.25) is 0 Å².